The van der Waals surface area contributed by atoms with E-state index in [4.69, 9.17) is 5.41 Å². The molecule has 6 rings (SSSR count). The van der Waals surface area contributed by atoms with Crippen LogP contribution < -0.4 is 10.2 Å². The number of amides is 1. The van der Waals surface area contributed by atoms with Gasteiger partial charge in [-0.15, -0.1) is 0 Å². The molecule has 0 unspecified atom stereocenters. The predicted molar refractivity (Wildman–Crippen MR) is 197 cm³/mol. The van der Waals surface area contributed by atoms with Crippen molar-refractivity contribution >= 4 is 35.0 Å². The van der Waals surface area contributed by atoms with Crippen LogP contribution in [0.25, 0.3) is 28.3 Å². The van der Waals surface area contributed by atoms with Crippen molar-refractivity contribution in [2.45, 2.75) is 39.0 Å². The van der Waals surface area contributed by atoms with E-state index in [-0.39, 0.29) is 11.0 Å². The minimum atomic E-state index is -1.47. The second kappa shape index (κ2) is 13.2. The van der Waals surface area contributed by atoms with Gasteiger partial charge in [0.25, 0.3) is 5.91 Å². The van der Waals surface area contributed by atoms with E-state index in [1.165, 1.54) is 28.5 Å². The van der Waals surface area contributed by atoms with Crippen molar-refractivity contribution in [2.24, 2.45) is 0 Å². The van der Waals surface area contributed by atoms with Crippen LogP contribution in [0.3, 0.4) is 0 Å². The van der Waals surface area contributed by atoms with E-state index in [1.54, 1.807) is 24.3 Å². The third kappa shape index (κ3) is 6.05. The number of carboxylic acids is 1. The lowest BCUT2D eigenvalue weighted by atomic mass is 9.81. The van der Waals surface area contributed by atoms with Gasteiger partial charge in [-0.3, -0.25) is 10.2 Å². The number of carboxylic acid groups (broad SMARTS) is 1. The Morgan fingerprint density at radius 2 is 1.62 bits per heavy atom. The molecule has 0 radical (unpaired) electrons. The number of hydrogen-bond donors (Lipinski definition) is 3. The van der Waals surface area contributed by atoms with Crippen LogP contribution in [0.2, 0.25) is 0 Å². The number of rotatable bonds is 9. The number of para-hydroxylation sites is 1. The lowest BCUT2D eigenvalue weighted by Crippen LogP contribution is -2.27. The van der Waals surface area contributed by atoms with Crippen molar-refractivity contribution in [3.8, 4) is 22.3 Å². The zero-order valence-electron chi connectivity index (χ0n) is 27.5. The molecule has 3 N–H and O–H groups in total. The molecule has 0 spiro atoms. The van der Waals surface area contributed by atoms with Crippen LogP contribution in [-0.4, -0.2) is 29.2 Å². The molecule has 6 heteroatoms. The van der Waals surface area contributed by atoms with Gasteiger partial charge in [0.1, 0.15) is 0 Å². The smallest absolute Gasteiger partial charge is 0.354 e. The van der Waals surface area contributed by atoms with Gasteiger partial charge in [0.2, 0.25) is 0 Å². The fourth-order valence-corrected chi connectivity index (χ4v) is 6.79. The number of fused-ring (bicyclic) bond motifs is 4. The average molecular weight is 634 g/mol. The lowest BCUT2D eigenvalue weighted by Gasteiger charge is -2.32. The number of anilines is 2. The molecule has 1 aliphatic carbocycles. The van der Waals surface area contributed by atoms with Crippen molar-refractivity contribution in [3.63, 3.8) is 0 Å². The zero-order valence-corrected chi connectivity index (χ0v) is 27.5. The number of hydrogen-bond acceptors (Lipinski definition) is 4. The fourth-order valence-electron chi connectivity index (χ4n) is 6.79. The molecule has 1 amide bonds. The van der Waals surface area contributed by atoms with E-state index >= 15 is 0 Å². The molecule has 1 aliphatic heterocycles. The van der Waals surface area contributed by atoms with E-state index < -0.39 is 17.6 Å². The minimum absolute atomic E-state index is 0.217. The van der Waals surface area contributed by atoms with E-state index in [9.17, 15) is 14.7 Å². The molecular formula is C42H39N3O3. The highest BCUT2D eigenvalue weighted by atomic mass is 16.4. The van der Waals surface area contributed by atoms with Crippen LogP contribution in [0.5, 0.6) is 0 Å². The standard InChI is InChI=1S/C42H39N3O3/c1-5-7-15-32(6-2)45-22-11-12-30-25-28(18-21-38(30)45)29-17-20-34-33-19-16-27(24-36(33)42(3,4)37(34)26-29)23-35(39(43)41(47)48)40(46)44-31-13-9-8-10-14-31/h5-10,13-21,23-26,43H,2,11-12,22H2,1,3-4H3,(H,44,46)(H,47,48)/b7-5-,32-15+,35-23-,43-39?. The van der Waals surface area contributed by atoms with Crippen LogP contribution in [0.15, 0.2) is 127 Å². The van der Waals surface area contributed by atoms with Crippen molar-refractivity contribution in [3.05, 3.63) is 149 Å². The van der Waals surface area contributed by atoms with Gasteiger partial charge in [0.15, 0.2) is 5.71 Å². The van der Waals surface area contributed by atoms with Gasteiger partial charge in [0, 0.05) is 29.0 Å². The number of benzene rings is 4. The van der Waals surface area contributed by atoms with E-state index in [2.05, 4.69) is 73.1 Å². The minimum Gasteiger partial charge on any atom is -0.477 e. The van der Waals surface area contributed by atoms with Gasteiger partial charge in [-0.05, 0) is 113 Å². The van der Waals surface area contributed by atoms with Crippen LogP contribution in [-0.2, 0) is 21.4 Å². The Hall–Kier alpha value is -5.75. The van der Waals surface area contributed by atoms with Crippen molar-refractivity contribution < 1.29 is 14.7 Å². The fraction of sp³-hybridized carbons (Fsp3) is 0.167. The Kier molecular flexibility index (Phi) is 8.83. The number of aliphatic carboxylic acids is 1. The number of carbonyl (C=O) groups is 2. The first-order valence-corrected chi connectivity index (χ1v) is 16.2. The van der Waals surface area contributed by atoms with E-state index in [0.29, 0.717) is 11.3 Å². The Morgan fingerprint density at radius 1 is 0.938 bits per heavy atom. The first-order chi connectivity index (χ1) is 23.1. The third-order valence-electron chi connectivity index (χ3n) is 9.28. The normalized spacial score (nSPS) is 15.0. The highest BCUT2D eigenvalue weighted by molar-refractivity contribution is 6.50. The summed E-state index contributed by atoms with van der Waals surface area (Å²) in [5.74, 6) is -2.11. The van der Waals surface area contributed by atoms with Crippen LogP contribution in [0, 0.1) is 5.41 Å². The maximum Gasteiger partial charge on any atom is 0.354 e. The van der Waals surface area contributed by atoms with Gasteiger partial charge in [-0.25, -0.2) is 4.79 Å². The maximum atomic E-state index is 13.2. The average Bonchev–Trinajstić information content (AvgIpc) is 3.32. The molecule has 0 saturated carbocycles. The van der Waals surface area contributed by atoms with E-state index in [0.717, 1.165) is 47.3 Å². The topological polar surface area (TPSA) is 93.5 Å². The van der Waals surface area contributed by atoms with Gasteiger partial charge >= 0.3 is 5.97 Å². The quantitative estimate of drug-likeness (QED) is 0.0973. The zero-order chi connectivity index (χ0) is 34.0. The van der Waals surface area contributed by atoms with Gasteiger partial charge in [-0.1, -0.05) is 87.2 Å². The summed E-state index contributed by atoms with van der Waals surface area (Å²) < 4.78 is 0. The molecule has 4 aromatic rings. The first-order valence-electron chi connectivity index (χ1n) is 16.2. The summed E-state index contributed by atoms with van der Waals surface area (Å²) in [6.07, 6.45) is 11.7. The van der Waals surface area contributed by atoms with Gasteiger partial charge in [0.05, 0.1) is 5.57 Å². The first kappa shape index (κ1) is 32.2. The molecule has 0 atom stereocenters. The van der Waals surface area contributed by atoms with Crippen LogP contribution >= 0.6 is 0 Å². The Bertz CT molecular complexity index is 2050. The summed E-state index contributed by atoms with van der Waals surface area (Å²) in [6, 6.07) is 28.1. The van der Waals surface area contributed by atoms with Crippen LogP contribution in [0.1, 0.15) is 49.4 Å². The highest BCUT2D eigenvalue weighted by Crippen LogP contribution is 2.50. The lowest BCUT2D eigenvalue weighted by molar-refractivity contribution is -0.129. The van der Waals surface area contributed by atoms with Crippen molar-refractivity contribution in [1.29, 1.82) is 5.41 Å². The summed E-state index contributed by atoms with van der Waals surface area (Å²) in [4.78, 5) is 27.3. The Labute approximate surface area is 282 Å². The molecule has 240 valence electrons. The van der Waals surface area contributed by atoms with Crippen LogP contribution in [0.4, 0.5) is 11.4 Å². The molecule has 0 bridgehead atoms. The molecule has 2 aliphatic rings. The van der Waals surface area contributed by atoms with Crippen molar-refractivity contribution in [2.75, 3.05) is 16.8 Å². The summed E-state index contributed by atoms with van der Waals surface area (Å²) in [5.41, 5.74) is 10.4. The third-order valence-corrected chi connectivity index (χ3v) is 9.28. The number of nitrogens with zero attached hydrogens (tertiary/aromatic N) is 1. The Balaban J connectivity index is 1.33. The maximum absolute atomic E-state index is 13.2. The molecule has 1 heterocycles. The number of nitrogens with one attached hydrogen (secondary N) is 2. The van der Waals surface area contributed by atoms with Crippen molar-refractivity contribution in [1.82, 2.24) is 0 Å². The molecule has 4 aromatic carbocycles. The number of carbonyl (C=O) groups excluding carboxylic acids is 1. The van der Waals surface area contributed by atoms with Gasteiger partial charge in [-0.2, -0.15) is 0 Å². The summed E-state index contributed by atoms with van der Waals surface area (Å²) in [7, 11) is 0. The Morgan fingerprint density at radius 3 is 2.33 bits per heavy atom. The number of allylic oxidation sites excluding steroid dienone is 4. The largest absolute Gasteiger partial charge is 0.477 e. The molecule has 0 aromatic heterocycles. The molecule has 6 nitrogen and oxygen atoms in total. The second-order valence-electron chi connectivity index (χ2n) is 12.7. The van der Waals surface area contributed by atoms with E-state index in [1.807, 2.05) is 49.4 Å². The molecule has 0 fully saturated rings. The SMILES string of the molecule is C=C/C(=C\C=C/C)N1CCCc2cc(-c3ccc4c(c3)C(C)(C)c3cc(/C=C(/C(=N)C(=O)O)C(=O)Nc5ccccc5)ccc3-4)ccc21. The molecule has 48 heavy (non-hydrogen) atoms. The summed E-state index contributed by atoms with van der Waals surface area (Å²) in [5, 5.41) is 20.5. The monoisotopic (exact) mass is 633 g/mol. The number of aryl methyl sites for hydroxylation is 1. The molecule has 0 saturated heterocycles. The highest BCUT2D eigenvalue weighted by Gasteiger charge is 2.36. The van der Waals surface area contributed by atoms with Gasteiger partial charge < -0.3 is 15.3 Å². The molecular weight excluding hydrogens is 594 g/mol. The predicted octanol–water partition coefficient (Wildman–Crippen LogP) is 9.18. The summed E-state index contributed by atoms with van der Waals surface area (Å²) in [6.45, 7) is 11.4. The second-order valence-corrected chi connectivity index (χ2v) is 12.7. The summed E-state index contributed by atoms with van der Waals surface area (Å²) >= 11 is 0.